The number of benzene rings is 4. The molecule has 6 nitrogen and oxygen atoms in total. The van der Waals surface area contributed by atoms with E-state index in [1.165, 1.54) is 5.56 Å². The molecule has 0 aliphatic carbocycles. The van der Waals surface area contributed by atoms with Gasteiger partial charge in [-0.25, -0.2) is 0 Å². The maximum absolute atomic E-state index is 12.4. The molecule has 4 aromatic carbocycles. The van der Waals surface area contributed by atoms with Crippen molar-refractivity contribution in [1.82, 2.24) is 0 Å². The zero-order chi connectivity index (χ0) is 26.4. The Balaban J connectivity index is 1.15. The van der Waals surface area contributed by atoms with E-state index in [1.54, 1.807) is 0 Å². The first-order chi connectivity index (χ1) is 18.6. The largest absolute Gasteiger partial charge is 0.494 e. The number of carbonyl (C=O) groups excluding carboxylic acids is 2. The van der Waals surface area contributed by atoms with Crippen molar-refractivity contribution in [3.05, 3.63) is 120 Å². The second-order valence-electron chi connectivity index (χ2n) is 8.98. The molecule has 0 unspecified atom stereocenters. The average Bonchev–Trinajstić information content (AvgIpc) is 2.95. The lowest BCUT2D eigenvalue weighted by Crippen LogP contribution is -2.21. The number of amides is 2. The van der Waals surface area contributed by atoms with Crippen LogP contribution in [0, 0.1) is 0 Å². The van der Waals surface area contributed by atoms with Gasteiger partial charge in [0.2, 0.25) is 11.8 Å². The molecule has 0 saturated carbocycles. The lowest BCUT2D eigenvalue weighted by molar-refractivity contribution is -0.116. The van der Waals surface area contributed by atoms with Gasteiger partial charge in [0.25, 0.3) is 0 Å². The van der Waals surface area contributed by atoms with Crippen LogP contribution in [0.15, 0.2) is 109 Å². The van der Waals surface area contributed by atoms with E-state index >= 15 is 0 Å². The van der Waals surface area contributed by atoms with Gasteiger partial charge in [0.15, 0.2) is 0 Å². The molecule has 0 aliphatic rings. The van der Waals surface area contributed by atoms with E-state index in [2.05, 4.69) is 28.1 Å². The molecular weight excluding hydrogens is 474 g/mol. The van der Waals surface area contributed by atoms with Gasteiger partial charge in [0.05, 0.1) is 13.2 Å². The molecule has 0 aromatic heterocycles. The van der Waals surface area contributed by atoms with Crippen LogP contribution in [0.1, 0.15) is 24.0 Å². The van der Waals surface area contributed by atoms with Crippen LogP contribution in [-0.2, 0) is 22.4 Å². The number of hydrogen-bond donors (Lipinski definition) is 3. The number of aryl methyl sites for hydroxylation is 2. The fraction of sp³-hybridized carbons (Fsp3) is 0.188. The second-order valence-corrected chi connectivity index (χ2v) is 8.98. The van der Waals surface area contributed by atoms with Gasteiger partial charge >= 0.3 is 0 Å². The predicted molar refractivity (Wildman–Crippen MR) is 154 cm³/mol. The molecule has 6 heteroatoms. The van der Waals surface area contributed by atoms with Crippen LogP contribution in [0.25, 0.3) is 0 Å². The highest BCUT2D eigenvalue weighted by Crippen LogP contribution is 2.18. The number of hydrogen-bond acceptors (Lipinski definition) is 4. The van der Waals surface area contributed by atoms with Crippen molar-refractivity contribution >= 4 is 28.9 Å². The van der Waals surface area contributed by atoms with Crippen LogP contribution >= 0.6 is 0 Å². The summed E-state index contributed by atoms with van der Waals surface area (Å²) in [6.07, 6.45) is 3.01. The minimum absolute atomic E-state index is 0.0487. The lowest BCUT2D eigenvalue weighted by Gasteiger charge is -2.11. The standard InChI is InChI=1S/C32H33N3O3/c36-31(21-16-26-11-5-2-6-12-26)35-29-15-7-14-28(23-29)33-24-32(37)34-27-17-19-30(20-18-27)38-22-8-13-25-9-3-1-4-10-25/h1-7,9-12,14-15,17-20,23,33H,8,13,16,21-22,24H2,(H,34,37)(H,35,36). The molecule has 4 rings (SSSR count). The number of carbonyl (C=O) groups is 2. The summed E-state index contributed by atoms with van der Waals surface area (Å²) in [5.41, 5.74) is 4.57. The Morgan fingerprint density at radius 2 is 1.24 bits per heavy atom. The number of nitrogens with one attached hydrogen (secondary N) is 3. The van der Waals surface area contributed by atoms with Crippen molar-refractivity contribution < 1.29 is 14.3 Å². The summed E-state index contributed by atoms with van der Waals surface area (Å²) in [5.74, 6) is 0.558. The van der Waals surface area contributed by atoms with E-state index < -0.39 is 0 Å². The molecule has 0 bridgehead atoms. The third-order valence-electron chi connectivity index (χ3n) is 5.94. The van der Waals surface area contributed by atoms with Gasteiger partial charge in [0, 0.05) is 23.5 Å². The molecule has 0 heterocycles. The van der Waals surface area contributed by atoms with E-state index in [-0.39, 0.29) is 18.4 Å². The van der Waals surface area contributed by atoms with Crippen LogP contribution in [-0.4, -0.2) is 25.0 Å². The average molecular weight is 508 g/mol. The molecule has 0 aliphatic heterocycles. The molecule has 0 fully saturated rings. The smallest absolute Gasteiger partial charge is 0.243 e. The molecule has 38 heavy (non-hydrogen) atoms. The van der Waals surface area contributed by atoms with Gasteiger partial charge in [0.1, 0.15) is 5.75 Å². The second kappa shape index (κ2) is 14.2. The highest BCUT2D eigenvalue weighted by Gasteiger charge is 2.06. The van der Waals surface area contributed by atoms with E-state index in [9.17, 15) is 9.59 Å². The third-order valence-corrected chi connectivity index (χ3v) is 5.94. The molecule has 2 amide bonds. The van der Waals surface area contributed by atoms with Crippen molar-refractivity contribution in [2.75, 3.05) is 29.1 Å². The molecule has 194 valence electrons. The number of anilines is 3. The first kappa shape index (κ1) is 26.5. The predicted octanol–water partition coefficient (Wildman–Crippen LogP) is 6.32. The summed E-state index contributed by atoms with van der Waals surface area (Å²) in [4.78, 5) is 24.7. The highest BCUT2D eigenvalue weighted by atomic mass is 16.5. The maximum Gasteiger partial charge on any atom is 0.243 e. The maximum atomic E-state index is 12.4. The minimum atomic E-state index is -0.168. The van der Waals surface area contributed by atoms with Gasteiger partial charge in [-0.05, 0) is 72.9 Å². The van der Waals surface area contributed by atoms with Crippen LogP contribution in [0.2, 0.25) is 0 Å². The Bertz CT molecular complexity index is 1290. The molecule has 0 spiro atoms. The van der Waals surface area contributed by atoms with E-state index in [0.29, 0.717) is 30.8 Å². The highest BCUT2D eigenvalue weighted by molar-refractivity contribution is 5.94. The Hall–Kier alpha value is -4.58. The van der Waals surface area contributed by atoms with Crippen LogP contribution in [0.4, 0.5) is 17.1 Å². The van der Waals surface area contributed by atoms with Crippen molar-refractivity contribution in [2.24, 2.45) is 0 Å². The molecule has 0 saturated heterocycles. The quantitative estimate of drug-likeness (QED) is 0.185. The van der Waals surface area contributed by atoms with Gasteiger partial charge in [-0.15, -0.1) is 0 Å². The first-order valence-electron chi connectivity index (χ1n) is 12.9. The van der Waals surface area contributed by atoms with Gasteiger partial charge in [-0.1, -0.05) is 66.7 Å². The van der Waals surface area contributed by atoms with E-state index in [4.69, 9.17) is 4.74 Å². The molecule has 4 aromatic rings. The summed E-state index contributed by atoms with van der Waals surface area (Å²) >= 11 is 0. The van der Waals surface area contributed by atoms with Crippen molar-refractivity contribution in [1.29, 1.82) is 0 Å². The van der Waals surface area contributed by atoms with Crippen LogP contribution in [0.3, 0.4) is 0 Å². The third kappa shape index (κ3) is 9.13. The summed E-state index contributed by atoms with van der Waals surface area (Å²) < 4.78 is 5.81. The lowest BCUT2D eigenvalue weighted by atomic mass is 10.1. The molecule has 3 N–H and O–H groups in total. The zero-order valence-electron chi connectivity index (χ0n) is 21.4. The van der Waals surface area contributed by atoms with Crippen LogP contribution < -0.4 is 20.7 Å². The normalized spacial score (nSPS) is 10.4. The monoisotopic (exact) mass is 507 g/mol. The Morgan fingerprint density at radius 1 is 0.605 bits per heavy atom. The zero-order valence-corrected chi connectivity index (χ0v) is 21.4. The van der Waals surface area contributed by atoms with Gasteiger partial charge < -0.3 is 20.7 Å². The summed E-state index contributed by atoms with van der Waals surface area (Å²) in [6, 6.07) is 35.0. The topological polar surface area (TPSA) is 79.5 Å². The molecule has 0 radical (unpaired) electrons. The molecule has 0 atom stereocenters. The first-order valence-corrected chi connectivity index (χ1v) is 12.9. The minimum Gasteiger partial charge on any atom is -0.494 e. The summed E-state index contributed by atoms with van der Waals surface area (Å²) in [7, 11) is 0. The van der Waals surface area contributed by atoms with Gasteiger partial charge in [-0.3, -0.25) is 9.59 Å². The van der Waals surface area contributed by atoms with Crippen molar-refractivity contribution in [3.8, 4) is 5.75 Å². The number of rotatable bonds is 13. The Labute approximate surface area is 224 Å². The van der Waals surface area contributed by atoms with E-state index in [0.717, 1.165) is 29.8 Å². The fourth-order valence-electron chi connectivity index (χ4n) is 3.97. The van der Waals surface area contributed by atoms with Crippen molar-refractivity contribution in [3.63, 3.8) is 0 Å². The number of ether oxygens (including phenoxy) is 1. The Morgan fingerprint density at radius 3 is 1.95 bits per heavy atom. The SMILES string of the molecule is O=C(CCc1ccccc1)Nc1cccc(NCC(=O)Nc2ccc(OCCCc3ccccc3)cc2)c1. The van der Waals surface area contributed by atoms with Gasteiger partial charge in [-0.2, -0.15) is 0 Å². The fourth-order valence-corrected chi connectivity index (χ4v) is 3.97. The summed E-state index contributed by atoms with van der Waals surface area (Å²) in [5, 5.41) is 8.91. The Kier molecular flexibility index (Phi) is 9.92. The van der Waals surface area contributed by atoms with Crippen LogP contribution in [0.5, 0.6) is 5.75 Å². The van der Waals surface area contributed by atoms with Crippen molar-refractivity contribution in [2.45, 2.75) is 25.7 Å². The summed E-state index contributed by atoms with van der Waals surface area (Å²) in [6.45, 7) is 0.736. The van der Waals surface area contributed by atoms with E-state index in [1.807, 2.05) is 97.1 Å². The molecular formula is C32H33N3O3.